The standard InChI is InChI=1S/C17H15Cl2NO2/c1-20-15(21)10-22-17(12-4-8-14(19)9-5-12)16(20)11-2-6-13(18)7-3-11/h2-9,16-17H,10H2,1H3/t16-,17+/m1/s1. The van der Waals surface area contributed by atoms with Crippen molar-refractivity contribution in [2.24, 2.45) is 0 Å². The summed E-state index contributed by atoms with van der Waals surface area (Å²) in [5, 5.41) is 1.34. The second kappa shape index (κ2) is 6.29. The van der Waals surface area contributed by atoms with Crippen molar-refractivity contribution in [2.45, 2.75) is 12.1 Å². The maximum atomic E-state index is 12.0. The van der Waals surface area contributed by atoms with Crippen LogP contribution in [0, 0.1) is 0 Å². The van der Waals surface area contributed by atoms with Gasteiger partial charge < -0.3 is 9.64 Å². The Balaban J connectivity index is 2.00. The lowest BCUT2D eigenvalue weighted by molar-refractivity contribution is -0.155. The van der Waals surface area contributed by atoms with Crippen molar-refractivity contribution in [3.8, 4) is 0 Å². The van der Waals surface area contributed by atoms with Gasteiger partial charge in [0.05, 0.1) is 6.04 Å². The summed E-state index contributed by atoms with van der Waals surface area (Å²) in [6, 6.07) is 14.8. The smallest absolute Gasteiger partial charge is 0.248 e. The van der Waals surface area contributed by atoms with Crippen LogP contribution in [0.2, 0.25) is 10.0 Å². The summed E-state index contributed by atoms with van der Waals surface area (Å²) in [5.41, 5.74) is 1.98. The number of halogens is 2. The first-order valence-electron chi connectivity index (χ1n) is 6.94. The van der Waals surface area contributed by atoms with Gasteiger partial charge in [0.15, 0.2) is 0 Å². The van der Waals surface area contributed by atoms with Crippen molar-refractivity contribution in [1.82, 2.24) is 4.90 Å². The van der Waals surface area contributed by atoms with E-state index < -0.39 is 0 Å². The zero-order chi connectivity index (χ0) is 15.7. The third kappa shape index (κ3) is 2.98. The van der Waals surface area contributed by atoms with Crippen molar-refractivity contribution in [3.05, 3.63) is 69.7 Å². The lowest BCUT2D eigenvalue weighted by atomic mass is 9.93. The Morgan fingerprint density at radius 3 is 2.00 bits per heavy atom. The number of amides is 1. The van der Waals surface area contributed by atoms with E-state index in [1.165, 1.54) is 0 Å². The fourth-order valence-corrected chi connectivity index (χ4v) is 2.95. The number of carbonyl (C=O) groups excluding carboxylic acids is 1. The zero-order valence-corrected chi connectivity index (χ0v) is 13.5. The van der Waals surface area contributed by atoms with Crippen molar-refractivity contribution in [3.63, 3.8) is 0 Å². The number of rotatable bonds is 2. The van der Waals surface area contributed by atoms with Gasteiger partial charge in [0.1, 0.15) is 12.7 Å². The predicted octanol–water partition coefficient (Wildman–Crippen LogP) is 4.26. The maximum Gasteiger partial charge on any atom is 0.248 e. The average Bonchev–Trinajstić information content (AvgIpc) is 2.52. The Kier molecular flexibility index (Phi) is 4.39. The molecule has 2 aromatic rings. The first-order chi connectivity index (χ1) is 10.6. The van der Waals surface area contributed by atoms with Gasteiger partial charge in [-0.05, 0) is 35.4 Å². The molecule has 1 amide bonds. The SMILES string of the molecule is CN1C(=O)CO[C@@H](c2ccc(Cl)cc2)[C@H]1c1ccc(Cl)cc1. The van der Waals surface area contributed by atoms with Crippen LogP contribution < -0.4 is 0 Å². The van der Waals surface area contributed by atoms with Gasteiger partial charge >= 0.3 is 0 Å². The largest absolute Gasteiger partial charge is 0.361 e. The monoisotopic (exact) mass is 335 g/mol. The van der Waals surface area contributed by atoms with Crippen LogP contribution in [0.5, 0.6) is 0 Å². The van der Waals surface area contributed by atoms with E-state index in [0.717, 1.165) is 11.1 Å². The van der Waals surface area contributed by atoms with Gasteiger partial charge in [0.2, 0.25) is 5.91 Å². The van der Waals surface area contributed by atoms with Crippen molar-refractivity contribution in [1.29, 1.82) is 0 Å². The Morgan fingerprint density at radius 1 is 0.955 bits per heavy atom. The summed E-state index contributed by atoms with van der Waals surface area (Å²) in [6.07, 6.45) is -0.235. The van der Waals surface area contributed by atoms with Crippen molar-refractivity contribution in [2.75, 3.05) is 13.7 Å². The Morgan fingerprint density at radius 2 is 1.45 bits per heavy atom. The van der Waals surface area contributed by atoms with E-state index in [9.17, 15) is 4.79 Å². The summed E-state index contributed by atoms with van der Waals surface area (Å²) in [5.74, 6) is -0.0369. The fourth-order valence-electron chi connectivity index (χ4n) is 2.70. The number of benzene rings is 2. The van der Waals surface area contributed by atoms with Gasteiger partial charge in [-0.2, -0.15) is 0 Å². The molecule has 0 N–H and O–H groups in total. The molecule has 1 aliphatic heterocycles. The summed E-state index contributed by atoms with van der Waals surface area (Å²) in [7, 11) is 1.80. The fraction of sp³-hybridized carbons (Fsp3) is 0.235. The molecular weight excluding hydrogens is 321 g/mol. The molecule has 22 heavy (non-hydrogen) atoms. The quantitative estimate of drug-likeness (QED) is 0.820. The highest BCUT2D eigenvalue weighted by Crippen LogP contribution is 2.39. The van der Waals surface area contributed by atoms with E-state index in [2.05, 4.69) is 0 Å². The van der Waals surface area contributed by atoms with Gasteiger partial charge in [0, 0.05) is 17.1 Å². The van der Waals surface area contributed by atoms with Gasteiger partial charge in [-0.25, -0.2) is 0 Å². The van der Waals surface area contributed by atoms with Crippen LogP contribution in [0.3, 0.4) is 0 Å². The molecule has 0 saturated carbocycles. The van der Waals surface area contributed by atoms with Crippen LogP contribution in [-0.4, -0.2) is 24.5 Å². The molecule has 1 aliphatic rings. The Hall–Kier alpha value is -1.55. The highest BCUT2D eigenvalue weighted by atomic mass is 35.5. The third-order valence-corrected chi connectivity index (χ3v) is 4.40. The molecule has 2 atom stereocenters. The first-order valence-corrected chi connectivity index (χ1v) is 7.70. The van der Waals surface area contributed by atoms with Crippen LogP contribution in [-0.2, 0) is 9.53 Å². The summed E-state index contributed by atoms with van der Waals surface area (Å²) < 4.78 is 5.82. The first kappa shape index (κ1) is 15.3. The summed E-state index contributed by atoms with van der Waals surface area (Å²) in [4.78, 5) is 13.8. The molecule has 0 aromatic heterocycles. The second-order valence-electron chi connectivity index (χ2n) is 5.28. The molecule has 0 unspecified atom stereocenters. The Bertz CT molecular complexity index is 670. The third-order valence-electron chi connectivity index (χ3n) is 3.89. The number of hydrogen-bond acceptors (Lipinski definition) is 2. The maximum absolute atomic E-state index is 12.0. The van der Waals surface area contributed by atoms with Crippen LogP contribution in [0.25, 0.3) is 0 Å². The van der Waals surface area contributed by atoms with Crippen LogP contribution in [0.1, 0.15) is 23.3 Å². The minimum atomic E-state index is -0.235. The molecule has 1 heterocycles. The molecule has 0 radical (unpaired) electrons. The van der Waals surface area contributed by atoms with Crippen LogP contribution in [0.4, 0.5) is 0 Å². The average molecular weight is 336 g/mol. The van der Waals surface area contributed by atoms with Crippen LogP contribution >= 0.6 is 23.2 Å². The minimum absolute atomic E-state index is 0.0369. The number of carbonyl (C=O) groups is 1. The van der Waals surface area contributed by atoms with Gasteiger partial charge in [-0.15, -0.1) is 0 Å². The second-order valence-corrected chi connectivity index (χ2v) is 6.16. The van der Waals surface area contributed by atoms with E-state index in [1.807, 2.05) is 48.5 Å². The van der Waals surface area contributed by atoms with E-state index >= 15 is 0 Å². The number of likely N-dealkylation sites (N-methyl/N-ethyl adjacent to an activating group) is 1. The van der Waals surface area contributed by atoms with Crippen molar-refractivity contribution < 1.29 is 9.53 Å². The highest BCUT2D eigenvalue weighted by Gasteiger charge is 2.36. The predicted molar refractivity (Wildman–Crippen MR) is 87.1 cm³/mol. The highest BCUT2D eigenvalue weighted by molar-refractivity contribution is 6.30. The van der Waals surface area contributed by atoms with Gasteiger partial charge in [-0.3, -0.25) is 4.79 Å². The van der Waals surface area contributed by atoms with Crippen molar-refractivity contribution >= 4 is 29.1 Å². The summed E-state index contributed by atoms with van der Waals surface area (Å²) >= 11 is 11.9. The van der Waals surface area contributed by atoms with Crippen LogP contribution in [0.15, 0.2) is 48.5 Å². The Labute approximate surface area is 139 Å². The molecule has 5 heteroatoms. The number of nitrogens with zero attached hydrogens (tertiary/aromatic N) is 1. The molecule has 1 fully saturated rings. The van der Waals surface area contributed by atoms with E-state index in [1.54, 1.807) is 11.9 Å². The molecule has 2 aromatic carbocycles. The molecule has 0 aliphatic carbocycles. The topological polar surface area (TPSA) is 29.5 Å². The van der Waals surface area contributed by atoms with E-state index in [0.29, 0.717) is 10.0 Å². The lowest BCUT2D eigenvalue weighted by Crippen LogP contribution is -2.43. The number of morpholine rings is 1. The van der Waals surface area contributed by atoms with Gasteiger partial charge in [-0.1, -0.05) is 47.5 Å². The van der Waals surface area contributed by atoms with Gasteiger partial charge in [0.25, 0.3) is 0 Å². The molecule has 1 saturated heterocycles. The number of hydrogen-bond donors (Lipinski definition) is 0. The molecule has 0 spiro atoms. The van der Waals surface area contributed by atoms with E-state index in [4.69, 9.17) is 27.9 Å². The molecule has 3 rings (SSSR count). The molecule has 114 valence electrons. The lowest BCUT2D eigenvalue weighted by Gasteiger charge is -2.39. The minimum Gasteiger partial charge on any atom is -0.361 e. The zero-order valence-electron chi connectivity index (χ0n) is 12.0. The molecular formula is C17H15Cl2NO2. The molecule has 0 bridgehead atoms. The molecule has 3 nitrogen and oxygen atoms in total. The number of ether oxygens (including phenoxy) is 1. The normalized spacial score (nSPS) is 22.0. The van der Waals surface area contributed by atoms with E-state index in [-0.39, 0.29) is 24.7 Å². The summed E-state index contributed by atoms with van der Waals surface area (Å²) in [6.45, 7) is 0.0773.